The van der Waals surface area contributed by atoms with Crippen LogP contribution in [0.25, 0.3) is 22.5 Å². The van der Waals surface area contributed by atoms with Gasteiger partial charge in [0.15, 0.2) is 0 Å². The van der Waals surface area contributed by atoms with Crippen LogP contribution in [0.5, 0.6) is 0 Å². The Bertz CT molecular complexity index is 1280. The van der Waals surface area contributed by atoms with E-state index in [0.717, 1.165) is 47.3 Å². The van der Waals surface area contributed by atoms with E-state index in [1.165, 1.54) is 0 Å². The minimum Gasteiger partial charge on any atom is -0.384 e. The van der Waals surface area contributed by atoms with Gasteiger partial charge in [-0.2, -0.15) is 10.5 Å². The number of aromatic nitrogens is 6. The highest BCUT2D eigenvalue weighted by atomic mass is 16.3. The summed E-state index contributed by atoms with van der Waals surface area (Å²) < 4.78 is 1.96. The van der Waals surface area contributed by atoms with Gasteiger partial charge in [-0.1, -0.05) is 68.8 Å². The standard InChI is InChI=1S/C26H29N7O/c1-4-6-11-23-28-24(26(3,34)5-2)22(16-27)33(23)17-18-12-14-19(15-13-18)20-9-7-8-10-21(20)25-29-31-32-30-25/h7-10,12-15,34H,4-6,11,17H2,1-3H3,(H,29,30,31,32). The number of aryl methyl sites for hydroxylation is 1. The van der Waals surface area contributed by atoms with Crippen LogP contribution < -0.4 is 0 Å². The van der Waals surface area contributed by atoms with Crippen molar-refractivity contribution in [3.05, 3.63) is 71.3 Å². The van der Waals surface area contributed by atoms with Crippen LogP contribution in [0.2, 0.25) is 0 Å². The molecule has 0 saturated carbocycles. The Morgan fingerprint density at radius 1 is 1.09 bits per heavy atom. The SMILES string of the molecule is CCCCc1nc(C(C)(O)CC)c(C#N)n1Cc1ccc(-c2ccccc2-c2nn[nH]n2)cc1. The van der Waals surface area contributed by atoms with Crippen LogP contribution in [-0.2, 0) is 18.6 Å². The second kappa shape index (κ2) is 9.98. The number of unbranched alkanes of at least 4 members (excludes halogenated alkanes) is 1. The maximum atomic E-state index is 10.9. The molecule has 2 aromatic carbocycles. The van der Waals surface area contributed by atoms with E-state index in [0.29, 0.717) is 30.2 Å². The number of hydrogen-bond donors (Lipinski definition) is 2. The van der Waals surface area contributed by atoms with Gasteiger partial charge in [-0.3, -0.25) is 0 Å². The van der Waals surface area contributed by atoms with Gasteiger partial charge >= 0.3 is 0 Å². The van der Waals surface area contributed by atoms with E-state index in [1.54, 1.807) is 6.92 Å². The first-order valence-electron chi connectivity index (χ1n) is 11.6. The highest BCUT2D eigenvalue weighted by Crippen LogP contribution is 2.31. The van der Waals surface area contributed by atoms with Crippen LogP contribution in [0.3, 0.4) is 0 Å². The van der Waals surface area contributed by atoms with Gasteiger partial charge in [0.05, 0.1) is 0 Å². The highest BCUT2D eigenvalue weighted by Gasteiger charge is 2.30. The smallest absolute Gasteiger partial charge is 0.205 e. The Hall–Kier alpha value is -3.83. The second-order valence-corrected chi connectivity index (χ2v) is 8.63. The largest absolute Gasteiger partial charge is 0.384 e. The third-order valence-electron chi connectivity index (χ3n) is 6.22. The van der Waals surface area contributed by atoms with Gasteiger partial charge in [-0.05, 0) is 41.7 Å². The molecule has 2 aromatic heterocycles. The van der Waals surface area contributed by atoms with Crippen LogP contribution in [0, 0.1) is 11.3 Å². The summed E-state index contributed by atoms with van der Waals surface area (Å²) >= 11 is 0. The number of nitriles is 1. The zero-order valence-electron chi connectivity index (χ0n) is 19.8. The average Bonchev–Trinajstić information content (AvgIpc) is 3.52. The summed E-state index contributed by atoms with van der Waals surface area (Å²) in [4.78, 5) is 4.73. The van der Waals surface area contributed by atoms with Crippen molar-refractivity contribution >= 4 is 0 Å². The molecule has 0 amide bonds. The number of aliphatic hydroxyl groups is 1. The summed E-state index contributed by atoms with van der Waals surface area (Å²) in [5.41, 5.74) is 3.77. The molecule has 0 aliphatic heterocycles. The lowest BCUT2D eigenvalue weighted by Gasteiger charge is -2.19. The molecule has 0 radical (unpaired) electrons. The first kappa shape index (κ1) is 23.3. The first-order valence-corrected chi connectivity index (χ1v) is 11.6. The van der Waals surface area contributed by atoms with Crippen molar-refractivity contribution in [3.8, 4) is 28.6 Å². The fourth-order valence-corrected chi connectivity index (χ4v) is 4.03. The molecule has 0 saturated heterocycles. The van der Waals surface area contributed by atoms with Gasteiger partial charge in [0.1, 0.15) is 28.9 Å². The quantitative estimate of drug-likeness (QED) is 0.381. The van der Waals surface area contributed by atoms with Crippen LogP contribution in [0.1, 0.15) is 62.8 Å². The van der Waals surface area contributed by atoms with Gasteiger partial charge < -0.3 is 9.67 Å². The van der Waals surface area contributed by atoms with E-state index >= 15 is 0 Å². The Morgan fingerprint density at radius 2 is 1.82 bits per heavy atom. The third kappa shape index (κ3) is 4.61. The lowest BCUT2D eigenvalue weighted by molar-refractivity contribution is 0.0484. The molecule has 0 aliphatic carbocycles. The number of nitrogens with zero attached hydrogens (tertiary/aromatic N) is 6. The molecule has 2 N–H and O–H groups in total. The van der Waals surface area contributed by atoms with Crippen LogP contribution >= 0.6 is 0 Å². The van der Waals surface area contributed by atoms with E-state index in [4.69, 9.17) is 4.98 Å². The predicted octanol–water partition coefficient (Wildman–Crippen LogP) is 4.61. The number of tetrazole rings is 1. The molecule has 34 heavy (non-hydrogen) atoms. The molecule has 2 heterocycles. The number of aromatic amines is 1. The molecule has 174 valence electrons. The fourth-order valence-electron chi connectivity index (χ4n) is 4.03. The Labute approximate surface area is 199 Å². The summed E-state index contributed by atoms with van der Waals surface area (Å²) in [6, 6.07) is 18.5. The number of H-pyrrole nitrogens is 1. The molecular weight excluding hydrogens is 426 g/mol. The van der Waals surface area contributed by atoms with Gasteiger partial charge in [-0.25, -0.2) is 4.98 Å². The number of imidazole rings is 1. The van der Waals surface area contributed by atoms with Crippen molar-refractivity contribution in [2.75, 3.05) is 0 Å². The van der Waals surface area contributed by atoms with Crippen LogP contribution in [-0.4, -0.2) is 35.3 Å². The zero-order valence-corrected chi connectivity index (χ0v) is 19.8. The predicted molar refractivity (Wildman–Crippen MR) is 130 cm³/mol. The summed E-state index contributed by atoms with van der Waals surface area (Å²) in [5, 5.41) is 35.2. The second-order valence-electron chi connectivity index (χ2n) is 8.63. The van der Waals surface area contributed by atoms with Crippen molar-refractivity contribution in [3.63, 3.8) is 0 Å². The molecule has 1 atom stereocenters. The normalized spacial score (nSPS) is 12.9. The minimum absolute atomic E-state index is 0.435. The number of nitrogens with one attached hydrogen (secondary N) is 1. The molecule has 4 aromatic rings. The molecule has 0 spiro atoms. The van der Waals surface area contributed by atoms with E-state index in [2.05, 4.69) is 57.9 Å². The Morgan fingerprint density at radius 3 is 2.44 bits per heavy atom. The van der Waals surface area contributed by atoms with E-state index in [-0.39, 0.29) is 0 Å². The summed E-state index contributed by atoms with van der Waals surface area (Å²) in [6.07, 6.45) is 3.26. The third-order valence-corrected chi connectivity index (χ3v) is 6.22. The monoisotopic (exact) mass is 455 g/mol. The Balaban J connectivity index is 1.68. The van der Waals surface area contributed by atoms with Gasteiger partial charge in [0.25, 0.3) is 0 Å². The number of benzene rings is 2. The highest BCUT2D eigenvalue weighted by molar-refractivity contribution is 5.80. The number of hydrogen-bond acceptors (Lipinski definition) is 6. The first-order chi connectivity index (χ1) is 16.5. The molecule has 1 unspecified atom stereocenters. The number of rotatable bonds is 9. The van der Waals surface area contributed by atoms with E-state index in [1.807, 2.05) is 35.8 Å². The molecule has 0 bridgehead atoms. The molecule has 0 aliphatic rings. The molecule has 8 nitrogen and oxygen atoms in total. The van der Waals surface area contributed by atoms with E-state index in [9.17, 15) is 10.4 Å². The average molecular weight is 456 g/mol. The van der Waals surface area contributed by atoms with Crippen molar-refractivity contribution in [1.29, 1.82) is 5.26 Å². The maximum absolute atomic E-state index is 10.9. The summed E-state index contributed by atoms with van der Waals surface area (Å²) in [6.45, 7) is 6.27. The zero-order chi connectivity index (χ0) is 24.1. The topological polar surface area (TPSA) is 116 Å². The van der Waals surface area contributed by atoms with Crippen LogP contribution in [0.15, 0.2) is 48.5 Å². The summed E-state index contributed by atoms with van der Waals surface area (Å²) in [7, 11) is 0. The van der Waals surface area contributed by atoms with Crippen molar-refractivity contribution in [2.24, 2.45) is 0 Å². The van der Waals surface area contributed by atoms with Gasteiger partial charge in [0, 0.05) is 18.5 Å². The van der Waals surface area contributed by atoms with Crippen molar-refractivity contribution in [2.45, 2.75) is 58.6 Å². The molecule has 4 rings (SSSR count). The Kier molecular flexibility index (Phi) is 6.85. The van der Waals surface area contributed by atoms with Gasteiger partial charge in [-0.15, -0.1) is 10.2 Å². The molecule has 8 heteroatoms. The minimum atomic E-state index is -1.14. The van der Waals surface area contributed by atoms with Crippen molar-refractivity contribution < 1.29 is 5.11 Å². The maximum Gasteiger partial charge on any atom is 0.205 e. The van der Waals surface area contributed by atoms with Gasteiger partial charge in [0.2, 0.25) is 5.82 Å². The molecule has 0 fully saturated rings. The molecular formula is C26H29N7O. The lowest BCUT2D eigenvalue weighted by atomic mass is 9.97. The lowest BCUT2D eigenvalue weighted by Crippen LogP contribution is -2.22. The summed E-state index contributed by atoms with van der Waals surface area (Å²) in [5.74, 6) is 1.39. The fraction of sp³-hybridized carbons (Fsp3) is 0.346. The van der Waals surface area contributed by atoms with Crippen molar-refractivity contribution in [1.82, 2.24) is 30.2 Å². The van der Waals surface area contributed by atoms with E-state index < -0.39 is 5.60 Å². The van der Waals surface area contributed by atoms with Crippen LogP contribution in [0.4, 0.5) is 0 Å².